The second kappa shape index (κ2) is 10.1. The number of nitrogens with zero attached hydrogens (tertiary/aromatic N) is 6. The molecule has 1 amide bonds. The van der Waals surface area contributed by atoms with Crippen LogP contribution >= 0.6 is 0 Å². The number of aromatic amines is 1. The minimum atomic E-state index is 0.0500. The molecule has 1 saturated heterocycles. The Morgan fingerprint density at radius 3 is 2.28 bits per heavy atom. The van der Waals surface area contributed by atoms with E-state index >= 15 is 0 Å². The van der Waals surface area contributed by atoms with E-state index in [-0.39, 0.29) is 5.91 Å². The van der Waals surface area contributed by atoms with E-state index in [9.17, 15) is 4.79 Å². The zero-order valence-corrected chi connectivity index (χ0v) is 21.4. The molecule has 1 aliphatic rings. The molecule has 0 aliphatic carbocycles. The van der Waals surface area contributed by atoms with Crippen molar-refractivity contribution >= 4 is 28.4 Å². The van der Waals surface area contributed by atoms with E-state index in [4.69, 9.17) is 4.98 Å². The first-order valence-electron chi connectivity index (χ1n) is 12.3. The van der Waals surface area contributed by atoms with Gasteiger partial charge in [0, 0.05) is 61.9 Å². The third-order valence-corrected chi connectivity index (χ3v) is 6.80. The van der Waals surface area contributed by atoms with Crippen molar-refractivity contribution in [2.45, 2.75) is 0 Å². The Balaban J connectivity index is 1.37. The average molecular weight is 484 g/mol. The third-order valence-electron chi connectivity index (χ3n) is 6.80. The van der Waals surface area contributed by atoms with Gasteiger partial charge in [-0.1, -0.05) is 24.3 Å². The number of amides is 1. The molecule has 1 fully saturated rings. The lowest BCUT2D eigenvalue weighted by molar-refractivity contribution is -0.118. The normalized spacial score (nSPS) is 14.5. The lowest BCUT2D eigenvalue weighted by Crippen LogP contribution is -2.44. The Kier molecular flexibility index (Phi) is 6.71. The van der Waals surface area contributed by atoms with Crippen molar-refractivity contribution in [1.29, 1.82) is 0 Å². The number of carbonyl (C=O) groups is 1. The number of fused-ring (bicyclic) bond motifs is 1. The van der Waals surface area contributed by atoms with Crippen LogP contribution in [0.2, 0.25) is 0 Å². The number of benzene rings is 2. The minimum absolute atomic E-state index is 0.0500. The van der Waals surface area contributed by atoms with Gasteiger partial charge in [0.1, 0.15) is 5.52 Å². The second-order valence-electron chi connectivity index (χ2n) is 9.73. The highest BCUT2D eigenvalue weighted by Crippen LogP contribution is 2.30. The van der Waals surface area contributed by atoms with Crippen molar-refractivity contribution in [3.63, 3.8) is 0 Å². The molecule has 5 rings (SSSR count). The monoisotopic (exact) mass is 483 g/mol. The zero-order chi connectivity index (χ0) is 25.2. The summed E-state index contributed by atoms with van der Waals surface area (Å²) >= 11 is 0. The molecule has 2 aromatic heterocycles. The van der Waals surface area contributed by atoms with E-state index < -0.39 is 0 Å². The number of carbonyl (C=O) groups excluding carboxylic acids is 1. The fourth-order valence-electron chi connectivity index (χ4n) is 4.54. The highest BCUT2D eigenvalue weighted by atomic mass is 16.2. The number of hydrogen-bond acceptors (Lipinski definition) is 6. The SMILES string of the molecule is CN(C)CC(=O)N(C)c1ccc(-c2c[nH]c3ncc(-c4ccc(N5CCN(C)CC5)cc4)nc23)cc1. The lowest BCUT2D eigenvalue weighted by Gasteiger charge is -2.34. The summed E-state index contributed by atoms with van der Waals surface area (Å²) in [5.41, 5.74) is 7.60. The van der Waals surface area contributed by atoms with Gasteiger partial charge in [0.25, 0.3) is 0 Å². The van der Waals surface area contributed by atoms with Gasteiger partial charge in [-0.25, -0.2) is 9.97 Å². The maximum atomic E-state index is 12.4. The molecule has 0 bridgehead atoms. The van der Waals surface area contributed by atoms with E-state index in [0.29, 0.717) is 6.54 Å². The molecular weight excluding hydrogens is 450 g/mol. The molecule has 2 aromatic carbocycles. The Bertz CT molecular complexity index is 1340. The van der Waals surface area contributed by atoms with E-state index in [0.717, 1.165) is 65.4 Å². The number of H-pyrrole nitrogens is 1. The van der Waals surface area contributed by atoms with Crippen molar-refractivity contribution in [2.24, 2.45) is 0 Å². The maximum Gasteiger partial charge on any atom is 0.240 e. The molecule has 0 radical (unpaired) electrons. The number of likely N-dealkylation sites (N-methyl/N-ethyl adjacent to an activating group) is 3. The van der Waals surface area contributed by atoms with Gasteiger partial charge in [0.2, 0.25) is 5.91 Å². The standard InChI is InChI=1S/C28H33N7O/c1-32(2)19-26(36)34(4)22-9-5-20(6-10-22)24-17-29-28-27(24)31-25(18-30-28)21-7-11-23(12-8-21)35-15-13-33(3)14-16-35/h5-12,17-18H,13-16,19H2,1-4H3,(H,29,30). The first-order chi connectivity index (χ1) is 17.4. The second-order valence-corrected chi connectivity index (χ2v) is 9.73. The summed E-state index contributed by atoms with van der Waals surface area (Å²) < 4.78 is 0. The van der Waals surface area contributed by atoms with Crippen LogP contribution in [0.5, 0.6) is 0 Å². The number of nitrogens with one attached hydrogen (secondary N) is 1. The topological polar surface area (TPSA) is 71.6 Å². The largest absolute Gasteiger partial charge is 0.369 e. The Hall–Kier alpha value is -3.75. The quantitative estimate of drug-likeness (QED) is 0.452. The fourth-order valence-corrected chi connectivity index (χ4v) is 4.54. The summed E-state index contributed by atoms with van der Waals surface area (Å²) in [7, 11) is 7.76. The van der Waals surface area contributed by atoms with Crippen LogP contribution in [0.1, 0.15) is 0 Å². The number of hydrogen-bond donors (Lipinski definition) is 1. The van der Waals surface area contributed by atoms with Crippen LogP contribution in [0.15, 0.2) is 60.9 Å². The van der Waals surface area contributed by atoms with Gasteiger partial charge in [-0.2, -0.15) is 0 Å². The molecule has 1 aliphatic heterocycles. The highest BCUT2D eigenvalue weighted by Gasteiger charge is 2.16. The van der Waals surface area contributed by atoms with Crippen molar-refractivity contribution in [3.05, 3.63) is 60.9 Å². The summed E-state index contributed by atoms with van der Waals surface area (Å²) in [5, 5.41) is 0. The molecule has 0 unspecified atom stereocenters. The van der Waals surface area contributed by atoms with Gasteiger partial charge in [0.15, 0.2) is 5.65 Å². The van der Waals surface area contributed by atoms with E-state index in [1.165, 1.54) is 5.69 Å². The van der Waals surface area contributed by atoms with Gasteiger partial charge in [-0.05, 0) is 51.0 Å². The number of rotatable bonds is 6. The zero-order valence-electron chi connectivity index (χ0n) is 21.4. The molecule has 0 spiro atoms. The number of anilines is 2. The number of piperazine rings is 1. The van der Waals surface area contributed by atoms with E-state index in [1.54, 1.807) is 11.9 Å². The van der Waals surface area contributed by atoms with Crippen molar-refractivity contribution < 1.29 is 4.79 Å². The first-order valence-corrected chi connectivity index (χ1v) is 12.3. The first kappa shape index (κ1) is 24.0. The molecule has 186 valence electrons. The van der Waals surface area contributed by atoms with Gasteiger partial charge < -0.3 is 24.6 Å². The summed E-state index contributed by atoms with van der Waals surface area (Å²) in [5.74, 6) is 0.0500. The van der Waals surface area contributed by atoms with Gasteiger partial charge in [0.05, 0.1) is 18.4 Å². The molecular formula is C28H33N7O. The summed E-state index contributed by atoms with van der Waals surface area (Å²) in [6.45, 7) is 4.64. The Morgan fingerprint density at radius 2 is 1.61 bits per heavy atom. The predicted molar refractivity (Wildman–Crippen MR) is 146 cm³/mol. The Labute approximate surface area is 212 Å². The predicted octanol–water partition coefficient (Wildman–Crippen LogP) is 3.57. The minimum Gasteiger partial charge on any atom is -0.369 e. The van der Waals surface area contributed by atoms with E-state index in [1.807, 2.05) is 55.7 Å². The lowest BCUT2D eigenvalue weighted by atomic mass is 10.1. The van der Waals surface area contributed by atoms with Crippen LogP contribution in [-0.4, -0.2) is 91.6 Å². The smallest absolute Gasteiger partial charge is 0.240 e. The summed E-state index contributed by atoms with van der Waals surface area (Å²) in [6.07, 6.45) is 3.77. The van der Waals surface area contributed by atoms with Crippen LogP contribution in [0.3, 0.4) is 0 Å². The van der Waals surface area contributed by atoms with Crippen LogP contribution in [0.4, 0.5) is 11.4 Å². The molecule has 8 heteroatoms. The Morgan fingerprint density at radius 1 is 0.944 bits per heavy atom. The van der Waals surface area contributed by atoms with E-state index in [2.05, 4.69) is 51.1 Å². The molecule has 1 N–H and O–H groups in total. The maximum absolute atomic E-state index is 12.4. The number of aromatic nitrogens is 3. The highest BCUT2D eigenvalue weighted by molar-refractivity contribution is 5.95. The van der Waals surface area contributed by atoms with Gasteiger partial charge in [-0.3, -0.25) is 4.79 Å². The van der Waals surface area contributed by atoms with Crippen LogP contribution in [-0.2, 0) is 4.79 Å². The third kappa shape index (κ3) is 4.96. The van der Waals surface area contributed by atoms with Crippen molar-refractivity contribution in [2.75, 3.05) is 70.7 Å². The fraction of sp³-hybridized carbons (Fsp3) is 0.321. The van der Waals surface area contributed by atoms with Gasteiger partial charge in [-0.15, -0.1) is 0 Å². The molecule has 3 heterocycles. The molecule has 36 heavy (non-hydrogen) atoms. The molecule has 4 aromatic rings. The van der Waals surface area contributed by atoms with Crippen LogP contribution in [0, 0.1) is 0 Å². The molecule has 0 atom stereocenters. The molecule has 0 saturated carbocycles. The average Bonchev–Trinajstić information content (AvgIpc) is 3.32. The summed E-state index contributed by atoms with van der Waals surface area (Å²) in [6, 6.07) is 16.6. The summed E-state index contributed by atoms with van der Waals surface area (Å²) in [4.78, 5) is 33.6. The van der Waals surface area contributed by atoms with Crippen molar-refractivity contribution in [3.8, 4) is 22.4 Å². The molecule has 8 nitrogen and oxygen atoms in total. The van der Waals surface area contributed by atoms with Crippen LogP contribution < -0.4 is 9.80 Å². The van der Waals surface area contributed by atoms with Gasteiger partial charge >= 0.3 is 0 Å². The van der Waals surface area contributed by atoms with Crippen molar-refractivity contribution in [1.82, 2.24) is 24.8 Å². The van der Waals surface area contributed by atoms with Crippen LogP contribution in [0.25, 0.3) is 33.5 Å².